The number of hydrogen-bond acceptors (Lipinski definition) is 5. The van der Waals surface area contributed by atoms with Gasteiger partial charge in [0.2, 0.25) is 0 Å². The van der Waals surface area contributed by atoms with E-state index in [1.165, 1.54) is 6.07 Å². The highest BCUT2D eigenvalue weighted by atomic mass is 79.9. The molecule has 0 bridgehead atoms. The van der Waals surface area contributed by atoms with Crippen molar-refractivity contribution < 1.29 is 13.9 Å². The number of carbonyl (C=O) groups excluding carboxylic acids is 1. The van der Waals surface area contributed by atoms with Gasteiger partial charge in [-0.05, 0) is 39.0 Å². The van der Waals surface area contributed by atoms with Crippen LogP contribution in [0.2, 0.25) is 0 Å². The second-order valence-electron chi connectivity index (χ2n) is 7.04. The Kier molecular flexibility index (Phi) is 4.77. The average Bonchev–Trinajstić information content (AvgIpc) is 2.53. The number of rotatable bonds is 1. The topological polar surface area (TPSA) is 63.0 Å². The lowest BCUT2D eigenvalue weighted by molar-refractivity contribution is 0.0239. The summed E-state index contributed by atoms with van der Waals surface area (Å²) in [6, 6.07) is 6.87. The van der Waals surface area contributed by atoms with Crippen molar-refractivity contribution in [3.8, 4) is 0 Å². The third kappa shape index (κ3) is 4.15. The number of benzene rings is 1. The van der Waals surface area contributed by atoms with Crippen molar-refractivity contribution >= 4 is 38.9 Å². The molecule has 0 spiro atoms. The molecule has 1 aromatic heterocycles. The molecule has 1 aliphatic rings. The van der Waals surface area contributed by atoms with Crippen LogP contribution in [-0.4, -0.2) is 42.8 Å². The summed E-state index contributed by atoms with van der Waals surface area (Å²) in [5.41, 5.74) is -0.0306. The lowest BCUT2D eigenvalue weighted by Crippen LogP contribution is -2.50. The third-order valence-electron chi connectivity index (χ3n) is 3.92. The van der Waals surface area contributed by atoms with E-state index in [1.54, 1.807) is 17.0 Å². The Labute approximate surface area is 154 Å². The summed E-state index contributed by atoms with van der Waals surface area (Å²) < 4.78 is 12.2. The van der Waals surface area contributed by atoms with Crippen molar-refractivity contribution in [1.29, 1.82) is 0 Å². The largest absolute Gasteiger partial charge is 0.444 e. The molecule has 0 saturated carbocycles. The summed E-state index contributed by atoms with van der Waals surface area (Å²) in [7, 11) is 0. The van der Waals surface area contributed by atoms with Gasteiger partial charge in [0.25, 0.3) is 0 Å². The fraction of sp³-hybridized carbons (Fsp3) is 0.444. The minimum atomic E-state index is -0.507. The van der Waals surface area contributed by atoms with E-state index in [-0.39, 0.29) is 11.5 Å². The van der Waals surface area contributed by atoms with Crippen LogP contribution in [0, 0.1) is 0 Å². The van der Waals surface area contributed by atoms with Crippen LogP contribution in [0.3, 0.4) is 0 Å². The van der Waals surface area contributed by atoms with Crippen LogP contribution in [0.25, 0.3) is 11.0 Å². The molecule has 1 saturated heterocycles. The summed E-state index contributed by atoms with van der Waals surface area (Å²) in [4.78, 5) is 28.1. The SMILES string of the molecule is CC(C)(C)OC(=O)N1CCN(c2cc(=O)c3ccc(Br)cc3o2)CC1. The summed E-state index contributed by atoms with van der Waals surface area (Å²) in [6.07, 6.45) is -0.309. The van der Waals surface area contributed by atoms with Crippen LogP contribution in [0.5, 0.6) is 0 Å². The van der Waals surface area contributed by atoms with E-state index < -0.39 is 5.60 Å². The molecule has 134 valence electrons. The quantitative estimate of drug-likeness (QED) is 0.720. The Morgan fingerprint density at radius 1 is 1.16 bits per heavy atom. The molecular formula is C18H21BrN2O4. The number of fused-ring (bicyclic) bond motifs is 1. The fourth-order valence-electron chi connectivity index (χ4n) is 2.71. The van der Waals surface area contributed by atoms with E-state index in [4.69, 9.17) is 9.15 Å². The molecule has 0 unspecified atom stereocenters. The maximum Gasteiger partial charge on any atom is 0.410 e. The van der Waals surface area contributed by atoms with Crippen molar-refractivity contribution in [2.45, 2.75) is 26.4 Å². The number of amides is 1. The highest BCUT2D eigenvalue weighted by Crippen LogP contribution is 2.23. The Morgan fingerprint density at radius 3 is 2.48 bits per heavy atom. The summed E-state index contributed by atoms with van der Waals surface area (Å²) >= 11 is 3.39. The number of piperazine rings is 1. The highest BCUT2D eigenvalue weighted by Gasteiger charge is 2.26. The van der Waals surface area contributed by atoms with E-state index >= 15 is 0 Å². The fourth-order valence-corrected chi connectivity index (χ4v) is 3.05. The minimum Gasteiger partial charge on any atom is -0.444 e. The van der Waals surface area contributed by atoms with Crippen molar-refractivity contribution in [1.82, 2.24) is 4.90 Å². The van der Waals surface area contributed by atoms with Gasteiger partial charge in [0.1, 0.15) is 11.2 Å². The van der Waals surface area contributed by atoms with E-state index in [9.17, 15) is 9.59 Å². The molecule has 0 aliphatic carbocycles. The van der Waals surface area contributed by atoms with Gasteiger partial charge < -0.3 is 19.0 Å². The standard InChI is InChI=1S/C18H21BrN2O4/c1-18(2,3)25-17(23)21-8-6-20(7-9-21)16-11-14(22)13-5-4-12(19)10-15(13)24-16/h4-5,10-11H,6-9H2,1-3H3. The molecule has 2 aromatic rings. The van der Waals surface area contributed by atoms with Gasteiger partial charge in [0.05, 0.1) is 5.39 Å². The maximum absolute atomic E-state index is 12.3. The molecule has 0 atom stereocenters. The van der Waals surface area contributed by atoms with Crippen molar-refractivity contribution in [2.24, 2.45) is 0 Å². The van der Waals surface area contributed by atoms with Crippen molar-refractivity contribution in [3.63, 3.8) is 0 Å². The maximum atomic E-state index is 12.3. The van der Waals surface area contributed by atoms with Gasteiger partial charge in [-0.15, -0.1) is 0 Å². The average molecular weight is 409 g/mol. The number of ether oxygens (including phenoxy) is 1. The van der Waals surface area contributed by atoms with Gasteiger partial charge in [-0.25, -0.2) is 4.79 Å². The van der Waals surface area contributed by atoms with Crippen LogP contribution in [-0.2, 0) is 4.74 Å². The zero-order chi connectivity index (χ0) is 18.2. The smallest absolute Gasteiger partial charge is 0.410 e. The van der Waals surface area contributed by atoms with Crippen LogP contribution in [0.15, 0.2) is 37.9 Å². The Morgan fingerprint density at radius 2 is 1.84 bits per heavy atom. The molecule has 1 fully saturated rings. The zero-order valence-corrected chi connectivity index (χ0v) is 16.1. The molecule has 3 rings (SSSR count). The normalized spacial score (nSPS) is 15.5. The molecule has 1 amide bonds. The second kappa shape index (κ2) is 6.71. The van der Waals surface area contributed by atoms with Crippen molar-refractivity contribution in [3.05, 3.63) is 39.0 Å². The van der Waals surface area contributed by atoms with Crippen molar-refractivity contribution in [2.75, 3.05) is 31.1 Å². The van der Waals surface area contributed by atoms with E-state index in [1.807, 2.05) is 31.7 Å². The number of halogens is 1. The van der Waals surface area contributed by atoms with E-state index in [0.29, 0.717) is 43.0 Å². The van der Waals surface area contributed by atoms with Crippen LogP contribution >= 0.6 is 15.9 Å². The zero-order valence-electron chi connectivity index (χ0n) is 14.5. The van der Waals surface area contributed by atoms with E-state index in [2.05, 4.69) is 15.9 Å². The number of anilines is 1. The van der Waals surface area contributed by atoms with Crippen LogP contribution in [0.1, 0.15) is 20.8 Å². The van der Waals surface area contributed by atoms with Crippen LogP contribution in [0.4, 0.5) is 10.7 Å². The minimum absolute atomic E-state index is 0.0710. The molecule has 0 N–H and O–H groups in total. The van der Waals surface area contributed by atoms with Gasteiger partial charge in [-0.2, -0.15) is 0 Å². The monoisotopic (exact) mass is 408 g/mol. The lowest BCUT2D eigenvalue weighted by Gasteiger charge is -2.35. The molecule has 7 heteroatoms. The molecule has 25 heavy (non-hydrogen) atoms. The van der Waals surface area contributed by atoms with Gasteiger partial charge in [0, 0.05) is 36.7 Å². The first-order valence-electron chi connectivity index (χ1n) is 8.19. The summed E-state index contributed by atoms with van der Waals surface area (Å²) in [5, 5.41) is 0.555. The number of nitrogens with zero attached hydrogens (tertiary/aromatic N) is 2. The predicted molar refractivity (Wildman–Crippen MR) is 100 cm³/mol. The first-order chi connectivity index (χ1) is 11.7. The first kappa shape index (κ1) is 17.8. The lowest BCUT2D eigenvalue weighted by atomic mass is 10.2. The first-order valence-corrected chi connectivity index (χ1v) is 8.98. The number of hydrogen-bond donors (Lipinski definition) is 0. The van der Waals surface area contributed by atoms with Gasteiger partial charge >= 0.3 is 6.09 Å². The van der Waals surface area contributed by atoms with Gasteiger partial charge in [-0.3, -0.25) is 4.79 Å². The Balaban J connectivity index is 1.74. The molecule has 2 heterocycles. The second-order valence-corrected chi connectivity index (χ2v) is 7.96. The van der Waals surface area contributed by atoms with E-state index in [0.717, 1.165) is 4.47 Å². The van der Waals surface area contributed by atoms with Gasteiger partial charge in [-0.1, -0.05) is 15.9 Å². The molecule has 0 radical (unpaired) electrons. The summed E-state index contributed by atoms with van der Waals surface area (Å²) in [5.74, 6) is 0.527. The molecular weight excluding hydrogens is 388 g/mol. The Bertz CT molecular complexity index is 848. The molecule has 6 nitrogen and oxygen atoms in total. The predicted octanol–water partition coefficient (Wildman–Crippen LogP) is 3.61. The number of carbonyl (C=O) groups is 1. The Hall–Kier alpha value is -2.02. The summed E-state index contributed by atoms with van der Waals surface area (Å²) in [6.45, 7) is 7.77. The highest BCUT2D eigenvalue weighted by molar-refractivity contribution is 9.10. The molecule has 1 aliphatic heterocycles. The third-order valence-corrected chi connectivity index (χ3v) is 4.41. The van der Waals surface area contributed by atoms with Crippen LogP contribution < -0.4 is 10.3 Å². The van der Waals surface area contributed by atoms with Gasteiger partial charge in [0.15, 0.2) is 11.3 Å². The molecule has 1 aromatic carbocycles.